The van der Waals surface area contributed by atoms with Crippen LogP contribution in [0.5, 0.6) is 5.75 Å². The fourth-order valence-electron chi connectivity index (χ4n) is 2.39. The molecule has 2 N–H and O–H groups in total. The highest BCUT2D eigenvalue weighted by Gasteiger charge is 2.20. The molecule has 1 heterocycles. The zero-order valence-electron chi connectivity index (χ0n) is 14.3. The van der Waals surface area contributed by atoms with E-state index in [4.69, 9.17) is 4.74 Å². The average molecular weight is 331 g/mol. The van der Waals surface area contributed by atoms with Gasteiger partial charge in [-0.3, -0.25) is 20.0 Å². The van der Waals surface area contributed by atoms with E-state index in [1.807, 2.05) is 30.3 Å². The van der Waals surface area contributed by atoms with Gasteiger partial charge < -0.3 is 10.1 Å². The van der Waals surface area contributed by atoms with Gasteiger partial charge in [0.15, 0.2) is 0 Å². The molecule has 1 aromatic rings. The molecule has 0 aromatic heterocycles. The van der Waals surface area contributed by atoms with Crippen molar-refractivity contribution in [2.24, 2.45) is 0 Å². The van der Waals surface area contributed by atoms with Gasteiger partial charge in [0, 0.05) is 19.4 Å². The predicted molar refractivity (Wildman–Crippen MR) is 93.0 cm³/mol. The van der Waals surface area contributed by atoms with Gasteiger partial charge in [-0.05, 0) is 42.3 Å². The molecule has 0 radical (unpaired) electrons. The van der Waals surface area contributed by atoms with E-state index in [0.29, 0.717) is 25.9 Å². The number of nitrogens with zero attached hydrogens (tertiary/aromatic N) is 1. The van der Waals surface area contributed by atoms with Crippen LogP contribution in [0, 0.1) is 0 Å². The summed E-state index contributed by atoms with van der Waals surface area (Å²) < 4.78 is 5.15. The summed E-state index contributed by atoms with van der Waals surface area (Å²) >= 11 is 0. The molecular formula is C18H25N3O3. The summed E-state index contributed by atoms with van der Waals surface area (Å²) in [6, 6.07) is 7.62. The number of unbranched alkanes of at least 4 members (excludes halogenated alkanes) is 1. The molecule has 0 saturated carbocycles. The number of amides is 2. The lowest BCUT2D eigenvalue weighted by atomic mass is 10.1. The van der Waals surface area contributed by atoms with Crippen molar-refractivity contribution in [3.63, 3.8) is 0 Å². The summed E-state index contributed by atoms with van der Waals surface area (Å²) in [6.07, 6.45) is 4.49. The number of carbonyl (C=O) groups excluding carboxylic acids is 2. The number of carbonyl (C=O) groups is 2. The minimum atomic E-state index is -0.0337. The molecule has 1 aromatic carbocycles. The third-order valence-corrected chi connectivity index (χ3v) is 3.85. The second-order valence-corrected chi connectivity index (χ2v) is 5.66. The first-order valence-electron chi connectivity index (χ1n) is 8.32. The molecule has 24 heavy (non-hydrogen) atoms. The highest BCUT2D eigenvalue weighted by Crippen LogP contribution is 2.20. The first-order chi connectivity index (χ1) is 11.6. The Morgan fingerprint density at radius 3 is 2.75 bits per heavy atom. The van der Waals surface area contributed by atoms with E-state index in [2.05, 4.69) is 17.7 Å². The van der Waals surface area contributed by atoms with Gasteiger partial charge in [-0.2, -0.15) is 0 Å². The van der Waals surface area contributed by atoms with Gasteiger partial charge in [0.1, 0.15) is 5.75 Å². The van der Waals surface area contributed by atoms with Crippen LogP contribution in [0.2, 0.25) is 0 Å². The number of nitrogens with one attached hydrogen (secondary N) is 2. The standard InChI is InChI=1S/C18H25N3O3/c1-3-4-12-19-17(22)11-13-21-18(23)10-9-16(20-21)14-5-7-15(24-2)8-6-14/h5-9,20H,3-4,10-13H2,1-2H3,(H,19,22). The normalized spacial score (nSPS) is 14.0. The Kier molecular flexibility index (Phi) is 6.66. The fourth-order valence-corrected chi connectivity index (χ4v) is 2.39. The van der Waals surface area contributed by atoms with Gasteiger partial charge in [0.2, 0.25) is 11.8 Å². The maximum atomic E-state index is 12.0. The Morgan fingerprint density at radius 1 is 1.33 bits per heavy atom. The van der Waals surface area contributed by atoms with Crippen molar-refractivity contribution in [1.82, 2.24) is 15.8 Å². The molecule has 0 aliphatic carbocycles. The van der Waals surface area contributed by atoms with Crippen molar-refractivity contribution in [1.29, 1.82) is 0 Å². The number of benzene rings is 1. The van der Waals surface area contributed by atoms with E-state index in [1.165, 1.54) is 5.01 Å². The molecule has 2 rings (SSSR count). The quantitative estimate of drug-likeness (QED) is 0.716. The molecule has 1 aliphatic heterocycles. The van der Waals surface area contributed by atoms with Gasteiger partial charge in [0.05, 0.1) is 19.4 Å². The fraction of sp³-hybridized carbons (Fsp3) is 0.444. The smallest absolute Gasteiger partial charge is 0.244 e. The summed E-state index contributed by atoms with van der Waals surface area (Å²) in [6.45, 7) is 3.12. The van der Waals surface area contributed by atoms with Crippen LogP contribution in [0.25, 0.3) is 5.70 Å². The maximum absolute atomic E-state index is 12.0. The molecule has 1 aliphatic rings. The number of hydrogen-bond acceptors (Lipinski definition) is 4. The Balaban J connectivity index is 1.89. The van der Waals surface area contributed by atoms with Crippen LogP contribution in [-0.2, 0) is 9.59 Å². The molecule has 2 amide bonds. The SMILES string of the molecule is CCCCNC(=O)CCN1NC(c2ccc(OC)cc2)=CCC1=O. The lowest BCUT2D eigenvalue weighted by molar-refractivity contribution is -0.133. The molecule has 0 bridgehead atoms. The molecule has 0 saturated heterocycles. The van der Waals surface area contributed by atoms with Crippen LogP contribution >= 0.6 is 0 Å². The number of hydrazine groups is 1. The topological polar surface area (TPSA) is 70.7 Å². The van der Waals surface area contributed by atoms with Gasteiger partial charge in [-0.15, -0.1) is 0 Å². The predicted octanol–water partition coefficient (Wildman–Crippen LogP) is 2.08. The highest BCUT2D eigenvalue weighted by atomic mass is 16.5. The number of ether oxygens (including phenoxy) is 1. The average Bonchev–Trinajstić information content (AvgIpc) is 2.61. The van der Waals surface area contributed by atoms with Crippen LogP contribution in [-0.4, -0.2) is 37.0 Å². The third kappa shape index (κ3) is 5.01. The number of methoxy groups -OCH3 is 1. The lowest BCUT2D eigenvalue weighted by Crippen LogP contribution is -2.45. The third-order valence-electron chi connectivity index (χ3n) is 3.85. The van der Waals surface area contributed by atoms with E-state index >= 15 is 0 Å². The Morgan fingerprint density at radius 2 is 2.08 bits per heavy atom. The van der Waals surface area contributed by atoms with Crippen LogP contribution < -0.4 is 15.5 Å². The van der Waals surface area contributed by atoms with E-state index in [0.717, 1.165) is 29.9 Å². The maximum Gasteiger partial charge on any atom is 0.244 e. The first kappa shape index (κ1) is 17.8. The van der Waals surface area contributed by atoms with Crippen molar-refractivity contribution >= 4 is 17.5 Å². The highest BCUT2D eigenvalue weighted by molar-refractivity contribution is 5.84. The van der Waals surface area contributed by atoms with Crippen molar-refractivity contribution in [3.05, 3.63) is 35.9 Å². The minimum absolute atomic E-state index is 0.0291. The summed E-state index contributed by atoms with van der Waals surface area (Å²) in [5.74, 6) is 0.721. The van der Waals surface area contributed by atoms with Crippen molar-refractivity contribution in [2.45, 2.75) is 32.6 Å². The van der Waals surface area contributed by atoms with Gasteiger partial charge in [-0.25, -0.2) is 0 Å². The molecule has 6 heteroatoms. The number of hydrogen-bond donors (Lipinski definition) is 2. The molecule has 0 fully saturated rings. The monoisotopic (exact) mass is 331 g/mol. The summed E-state index contributed by atoms with van der Waals surface area (Å²) in [4.78, 5) is 23.8. The van der Waals surface area contributed by atoms with Crippen molar-refractivity contribution in [2.75, 3.05) is 20.2 Å². The van der Waals surface area contributed by atoms with Crippen LogP contribution in [0.4, 0.5) is 0 Å². The van der Waals surface area contributed by atoms with E-state index < -0.39 is 0 Å². The molecule has 0 unspecified atom stereocenters. The first-order valence-corrected chi connectivity index (χ1v) is 8.32. The van der Waals surface area contributed by atoms with Crippen LogP contribution in [0.15, 0.2) is 30.3 Å². The minimum Gasteiger partial charge on any atom is -0.497 e. The summed E-state index contributed by atoms with van der Waals surface area (Å²) in [5.41, 5.74) is 4.94. The molecule has 6 nitrogen and oxygen atoms in total. The Hall–Kier alpha value is -2.50. The van der Waals surface area contributed by atoms with E-state index in [9.17, 15) is 9.59 Å². The number of rotatable bonds is 8. The van der Waals surface area contributed by atoms with Gasteiger partial charge in [-0.1, -0.05) is 13.3 Å². The van der Waals surface area contributed by atoms with Crippen LogP contribution in [0.1, 0.15) is 38.2 Å². The molecular weight excluding hydrogens is 306 g/mol. The van der Waals surface area contributed by atoms with E-state index in [-0.39, 0.29) is 11.8 Å². The van der Waals surface area contributed by atoms with Crippen molar-refractivity contribution in [3.8, 4) is 5.75 Å². The molecule has 0 atom stereocenters. The molecule has 130 valence electrons. The second kappa shape index (κ2) is 8.96. The molecule has 0 spiro atoms. The zero-order chi connectivity index (χ0) is 17.4. The zero-order valence-corrected chi connectivity index (χ0v) is 14.3. The second-order valence-electron chi connectivity index (χ2n) is 5.66. The van der Waals surface area contributed by atoms with E-state index in [1.54, 1.807) is 7.11 Å². The Bertz CT molecular complexity index is 596. The van der Waals surface area contributed by atoms with Gasteiger partial charge >= 0.3 is 0 Å². The summed E-state index contributed by atoms with van der Waals surface area (Å²) in [5, 5.41) is 4.37. The lowest BCUT2D eigenvalue weighted by Gasteiger charge is -2.29. The summed E-state index contributed by atoms with van der Waals surface area (Å²) in [7, 11) is 1.62. The van der Waals surface area contributed by atoms with Crippen molar-refractivity contribution < 1.29 is 14.3 Å². The van der Waals surface area contributed by atoms with Crippen LogP contribution in [0.3, 0.4) is 0 Å². The Labute approximate surface area is 142 Å². The largest absolute Gasteiger partial charge is 0.497 e. The van der Waals surface area contributed by atoms with Gasteiger partial charge in [0.25, 0.3) is 0 Å².